The van der Waals surface area contributed by atoms with Crippen molar-refractivity contribution in [2.24, 2.45) is 0 Å². The van der Waals surface area contributed by atoms with Gasteiger partial charge in [0.25, 0.3) is 0 Å². The normalized spacial score (nSPS) is 16.6. The number of carbonyl (C=O) groups is 2. The van der Waals surface area contributed by atoms with Crippen LogP contribution in [0.5, 0.6) is 11.5 Å². The molecule has 2 amide bonds. The molecule has 0 aromatic heterocycles. The molecule has 0 bridgehead atoms. The molecule has 0 N–H and O–H groups in total. The number of likely N-dealkylation sites (tertiary alicyclic amines) is 1. The minimum absolute atomic E-state index is 0.00717. The van der Waals surface area contributed by atoms with E-state index in [1.165, 1.54) is 0 Å². The molecule has 1 aromatic rings. The van der Waals surface area contributed by atoms with Gasteiger partial charge in [-0.15, -0.1) is 0 Å². The summed E-state index contributed by atoms with van der Waals surface area (Å²) in [5.41, 5.74) is 0. The summed E-state index contributed by atoms with van der Waals surface area (Å²) >= 11 is 0. The number of benzene rings is 1. The molecule has 1 atom stereocenters. The van der Waals surface area contributed by atoms with Gasteiger partial charge in [0.15, 0.2) is 11.5 Å². The third-order valence-corrected chi connectivity index (χ3v) is 4.24. The standard InChI is InChI=1S/C19H28N2O4/c1-4-24-16-10-5-6-11-17(16)25-14-8-12-18(22)21-13-7-9-15(21)19(23)20(2)3/h5-6,10-11,15H,4,7-9,12-14H2,1-3H3. The van der Waals surface area contributed by atoms with Gasteiger partial charge in [-0.05, 0) is 38.3 Å². The van der Waals surface area contributed by atoms with Gasteiger partial charge in [0, 0.05) is 27.1 Å². The third kappa shape index (κ3) is 5.11. The van der Waals surface area contributed by atoms with Crippen LogP contribution in [0.25, 0.3) is 0 Å². The van der Waals surface area contributed by atoms with Crippen LogP contribution < -0.4 is 9.47 Å². The summed E-state index contributed by atoms with van der Waals surface area (Å²) in [6.07, 6.45) is 2.63. The Morgan fingerprint density at radius 3 is 2.52 bits per heavy atom. The predicted octanol–water partition coefficient (Wildman–Crippen LogP) is 2.32. The van der Waals surface area contributed by atoms with Crippen molar-refractivity contribution < 1.29 is 19.1 Å². The summed E-state index contributed by atoms with van der Waals surface area (Å²) in [7, 11) is 3.46. The quantitative estimate of drug-likeness (QED) is 0.677. The minimum atomic E-state index is -0.304. The van der Waals surface area contributed by atoms with Crippen LogP contribution in [0.15, 0.2) is 24.3 Å². The average Bonchev–Trinajstić information content (AvgIpc) is 3.09. The van der Waals surface area contributed by atoms with Gasteiger partial charge in [-0.3, -0.25) is 9.59 Å². The van der Waals surface area contributed by atoms with Crippen LogP contribution in [0.2, 0.25) is 0 Å². The highest BCUT2D eigenvalue weighted by Crippen LogP contribution is 2.26. The SMILES string of the molecule is CCOc1ccccc1OCCCC(=O)N1CCCC1C(=O)N(C)C. The molecular weight excluding hydrogens is 320 g/mol. The molecular formula is C19H28N2O4. The molecule has 1 aromatic carbocycles. The zero-order valence-electron chi connectivity index (χ0n) is 15.4. The first-order valence-electron chi connectivity index (χ1n) is 8.89. The second kappa shape index (κ2) is 9.30. The number of para-hydroxylation sites is 2. The zero-order valence-corrected chi connectivity index (χ0v) is 15.4. The maximum absolute atomic E-state index is 12.4. The fraction of sp³-hybridized carbons (Fsp3) is 0.579. The lowest BCUT2D eigenvalue weighted by Gasteiger charge is -2.26. The highest BCUT2D eigenvalue weighted by atomic mass is 16.5. The topological polar surface area (TPSA) is 59.1 Å². The lowest BCUT2D eigenvalue weighted by Crippen LogP contribution is -2.45. The van der Waals surface area contributed by atoms with Crippen LogP contribution >= 0.6 is 0 Å². The van der Waals surface area contributed by atoms with Gasteiger partial charge < -0.3 is 19.3 Å². The zero-order chi connectivity index (χ0) is 18.2. The van der Waals surface area contributed by atoms with Crippen LogP contribution in [-0.2, 0) is 9.59 Å². The molecule has 1 aliphatic heterocycles. The minimum Gasteiger partial charge on any atom is -0.490 e. The molecule has 2 rings (SSSR count). The number of hydrogen-bond donors (Lipinski definition) is 0. The van der Waals surface area contributed by atoms with E-state index in [0.29, 0.717) is 44.1 Å². The summed E-state index contributed by atoms with van der Waals surface area (Å²) in [6.45, 7) is 3.61. The van der Waals surface area contributed by atoms with Gasteiger partial charge in [-0.25, -0.2) is 0 Å². The van der Waals surface area contributed by atoms with Crippen LogP contribution in [0.3, 0.4) is 0 Å². The van der Waals surface area contributed by atoms with Crippen LogP contribution in [0.4, 0.5) is 0 Å². The number of carbonyl (C=O) groups excluding carboxylic acids is 2. The molecule has 1 unspecified atom stereocenters. The van der Waals surface area contributed by atoms with Crippen LogP contribution in [0, 0.1) is 0 Å². The van der Waals surface area contributed by atoms with E-state index >= 15 is 0 Å². The predicted molar refractivity (Wildman–Crippen MR) is 95.8 cm³/mol. The average molecular weight is 348 g/mol. The lowest BCUT2D eigenvalue weighted by molar-refractivity contribution is -0.142. The summed E-state index contributed by atoms with van der Waals surface area (Å²) < 4.78 is 11.3. The second-order valence-corrected chi connectivity index (χ2v) is 6.31. The molecule has 6 nitrogen and oxygen atoms in total. The fourth-order valence-electron chi connectivity index (χ4n) is 3.01. The molecule has 1 saturated heterocycles. The Morgan fingerprint density at radius 1 is 1.20 bits per heavy atom. The Kier molecular flexibility index (Phi) is 7.10. The molecule has 6 heteroatoms. The third-order valence-electron chi connectivity index (χ3n) is 4.24. The Balaban J connectivity index is 1.80. The number of hydrogen-bond acceptors (Lipinski definition) is 4. The Bertz CT molecular complexity index is 589. The maximum atomic E-state index is 12.4. The van der Waals surface area contributed by atoms with Crippen molar-refractivity contribution in [3.8, 4) is 11.5 Å². The van der Waals surface area contributed by atoms with Crippen molar-refractivity contribution in [3.05, 3.63) is 24.3 Å². The van der Waals surface area contributed by atoms with E-state index in [1.54, 1.807) is 23.9 Å². The molecule has 1 fully saturated rings. The van der Waals surface area contributed by atoms with Crippen molar-refractivity contribution in [3.63, 3.8) is 0 Å². The lowest BCUT2D eigenvalue weighted by atomic mass is 10.2. The van der Waals surface area contributed by atoms with Gasteiger partial charge in [0.05, 0.1) is 13.2 Å². The van der Waals surface area contributed by atoms with Gasteiger partial charge in [0.1, 0.15) is 6.04 Å². The van der Waals surface area contributed by atoms with Crippen molar-refractivity contribution in [2.75, 3.05) is 33.9 Å². The van der Waals surface area contributed by atoms with E-state index in [-0.39, 0.29) is 17.9 Å². The van der Waals surface area contributed by atoms with Crippen molar-refractivity contribution in [1.82, 2.24) is 9.80 Å². The van der Waals surface area contributed by atoms with Gasteiger partial charge in [-0.2, -0.15) is 0 Å². The molecule has 0 spiro atoms. The van der Waals surface area contributed by atoms with E-state index < -0.39 is 0 Å². The first kappa shape index (κ1) is 19.1. The molecule has 1 heterocycles. The van der Waals surface area contributed by atoms with E-state index in [0.717, 1.165) is 12.8 Å². The molecule has 0 aliphatic carbocycles. The number of nitrogens with zero attached hydrogens (tertiary/aromatic N) is 2. The molecule has 1 aliphatic rings. The Labute approximate surface area is 149 Å². The summed E-state index contributed by atoms with van der Waals surface area (Å²) in [6, 6.07) is 7.22. The van der Waals surface area contributed by atoms with E-state index in [9.17, 15) is 9.59 Å². The number of rotatable bonds is 8. The first-order chi connectivity index (χ1) is 12.0. The van der Waals surface area contributed by atoms with Gasteiger partial charge in [0.2, 0.25) is 11.8 Å². The smallest absolute Gasteiger partial charge is 0.244 e. The van der Waals surface area contributed by atoms with Gasteiger partial charge >= 0.3 is 0 Å². The highest BCUT2D eigenvalue weighted by molar-refractivity contribution is 5.88. The van der Waals surface area contributed by atoms with Crippen molar-refractivity contribution >= 4 is 11.8 Å². The van der Waals surface area contributed by atoms with E-state index in [1.807, 2.05) is 31.2 Å². The summed E-state index contributed by atoms with van der Waals surface area (Å²) in [5.74, 6) is 1.44. The van der Waals surface area contributed by atoms with Crippen molar-refractivity contribution in [1.29, 1.82) is 0 Å². The molecule has 0 radical (unpaired) electrons. The number of amides is 2. The van der Waals surface area contributed by atoms with Crippen LogP contribution in [0.1, 0.15) is 32.6 Å². The molecule has 0 saturated carbocycles. The van der Waals surface area contributed by atoms with E-state index in [2.05, 4.69) is 0 Å². The number of likely N-dealkylation sites (N-methyl/N-ethyl adjacent to an activating group) is 1. The highest BCUT2D eigenvalue weighted by Gasteiger charge is 2.34. The van der Waals surface area contributed by atoms with Crippen molar-refractivity contribution in [2.45, 2.75) is 38.6 Å². The largest absolute Gasteiger partial charge is 0.490 e. The van der Waals surface area contributed by atoms with Crippen LogP contribution in [-0.4, -0.2) is 61.5 Å². The number of ether oxygens (including phenoxy) is 2. The van der Waals surface area contributed by atoms with E-state index in [4.69, 9.17) is 9.47 Å². The summed E-state index contributed by atoms with van der Waals surface area (Å²) in [5, 5.41) is 0. The molecule has 25 heavy (non-hydrogen) atoms. The first-order valence-corrected chi connectivity index (χ1v) is 8.89. The summed E-state index contributed by atoms with van der Waals surface area (Å²) in [4.78, 5) is 27.9. The van der Waals surface area contributed by atoms with Gasteiger partial charge in [-0.1, -0.05) is 12.1 Å². The monoisotopic (exact) mass is 348 g/mol. The maximum Gasteiger partial charge on any atom is 0.244 e. The Morgan fingerprint density at radius 2 is 1.88 bits per heavy atom. The fourth-order valence-corrected chi connectivity index (χ4v) is 3.01. The Hall–Kier alpha value is -2.24. The second-order valence-electron chi connectivity index (χ2n) is 6.31. The molecule has 138 valence electrons.